The van der Waals surface area contributed by atoms with Crippen LogP contribution in [0, 0.1) is 19.7 Å². The van der Waals surface area contributed by atoms with Crippen LogP contribution in [0.2, 0.25) is 0 Å². The lowest BCUT2D eigenvalue weighted by atomic mass is 10.1. The Morgan fingerprint density at radius 1 is 1.09 bits per heavy atom. The van der Waals surface area contributed by atoms with Gasteiger partial charge in [-0.3, -0.25) is 9.48 Å². The molecule has 4 rings (SSSR count). The summed E-state index contributed by atoms with van der Waals surface area (Å²) < 4.78 is 17.0. The van der Waals surface area contributed by atoms with E-state index in [-0.39, 0.29) is 17.5 Å². The Morgan fingerprint density at radius 3 is 2.55 bits per heavy atom. The smallest absolute Gasteiger partial charge is 0.234 e. The van der Waals surface area contributed by atoms with E-state index >= 15 is 0 Å². The van der Waals surface area contributed by atoms with Gasteiger partial charge >= 0.3 is 0 Å². The summed E-state index contributed by atoms with van der Waals surface area (Å²) in [4.78, 5) is 12.5. The van der Waals surface area contributed by atoms with Gasteiger partial charge in [-0.1, -0.05) is 17.8 Å². The molecule has 0 aliphatic heterocycles. The molecule has 2 heterocycles. The lowest BCUT2D eigenvalue weighted by Gasteiger charge is -2.09. The molecule has 2 aromatic heterocycles. The Morgan fingerprint density at radius 2 is 1.85 bits per heavy atom. The molecule has 0 saturated heterocycles. The van der Waals surface area contributed by atoms with E-state index in [1.165, 1.54) is 29.5 Å². The van der Waals surface area contributed by atoms with Crippen molar-refractivity contribution in [2.24, 2.45) is 7.05 Å². The average Bonchev–Trinajstić information content (AvgIpc) is 3.38. The second-order valence-electron chi connectivity index (χ2n) is 7.76. The van der Waals surface area contributed by atoms with Crippen LogP contribution in [0.4, 0.5) is 10.1 Å². The summed E-state index contributed by atoms with van der Waals surface area (Å²) >= 11 is 1.33. The molecular weight excluding hydrogens is 439 g/mol. The van der Waals surface area contributed by atoms with Gasteiger partial charge in [0.2, 0.25) is 5.91 Å². The summed E-state index contributed by atoms with van der Waals surface area (Å²) in [5.74, 6) is 0.458. The van der Waals surface area contributed by atoms with Crippen molar-refractivity contribution >= 4 is 23.4 Å². The van der Waals surface area contributed by atoms with E-state index in [2.05, 4.69) is 20.6 Å². The highest BCUT2D eigenvalue weighted by molar-refractivity contribution is 7.99. The Hall–Kier alpha value is -3.46. The topological polar surface area (TPSA) is 77.6 Å². The van der Waals surface area contributed by atoms with Crippen molar-refractivity contribution in [2.45, 2.75) is 32.5 Å². The zero-order chi connectivity index (χ0) is 23.5. The van der Waals surface area contributed by atoms with Gasteiger partial charge in [0.15, 0.2) is 11.0 Å². The van der Waals surface area contributed by atoms with Gasteiger partial charge in [-0.15, -0.1) is 10.2 Å². The molecule has 0 saturated carbocycles. The van der Waals surface area contributed by atoms with Crippen LogP contribution in [0.25, 0.3) is 22.6 Å². The number of thioether (sulfide) groups is 1. The molecule has 0 bridgehead atoms. The molecule has 9 heteroatoms. The van der Waals surface area contributed by atoms with Gasteiger partial charge in [0.05, 0.1) is 11.3 Å². The number of anilines is 1. The molecule has 170 valence electrons. The molecule has 0 fully saturated rings. The predicted molar refractivity (Wildman–Crippen MR) is 129 cm³/mol. The molecule has 0 aliphatic rings. The predicted octanol–water partition coefficient (Wildman–Crippen LogP) is 4.85. The number of benzene rings is 2. The van der Waals surface area contributed by atoms with Crippen LogP contribution < -0.4 is 5.32 Å². The lowest BCUT2D eigenvalue weighted by molar-refractivity contribution is -0.113. The van der Waals surface area contributed by atoms with Gasteiger partial charge in [0.25, 0.3) is 0 Å². The van der Waals surface area contributed by atoms with Crippen molar-refractivity contribution in [2.75, 3.05) is 11.1 Å². The summed E-state index contributed by atoms with van der Waals surface area (Å²) in [6, 6.07) is 12.1. The van der Waals surface area contributed by atoms with Crippen LogP contribution in [0.1, 0.15) is 18.1 Å². The van der Waals surface area contributed by atoms with E-state index in [0.29, 0.717) is 23.2 Å². The van der Waals surface area contributed by atoms with E-state index < -0.39 is 0 Å². The second-order valence-corrected chi connectivity index (χ2v) is 8.70. The molecule has 33 heavy (non-hydrogen) atoms. The molecule has 1 amide bonds. The lowest BCUT2D eigenvalue weighted by Crippen LogP contribution is -2.14. The number of aryl methyl sites for hydroxylation is 3. The number of nitrogens with zero attached hydrogens (tertiary/aromatic N) is 5. The number of halogens is 1. The van der Waals surface area contributed by atoms with Crippen molar-refractivity contribution in [3.05, 3.63) is 65.6 Å². The Kier molecular flexibility index (Phi) is 6.60. The second kappa shape index (κ2) is 9.58. The highest BCUT2D eigenvalue weighted by Crippen LogP contribution is 2.32. The fourth-order valence-corrected chi connectivity index (χ4v) is 4.30. The van der Waals surface area contributed by atoms with Gasteiger partial charge in [0.1, 0.15) is 11.5 Å². The molecule has 1 N–H and O–H groups in total. The molecule has 0 aliphatic carbocycles. The van der Waals surface area contributed by atoms with Crippen LogP contribution in [-0.2, 0) is 18.4 Å². The van der Waals surface area contributed by atoms with Crippen molar-refractivity contribution in [1.29, 1.82) is 0 Å². The quantitative estimate of drug-likeness (QED) is 0.396. The fraction of sp³-hybridized carbons (Fsp3) is 0.250. The normalized spacial score (nSPS) is 11.1. The van der Waals surface area contributed by atoms with E-state index in [9.17, 15) is 9.18 Å². The number of amides is 1. The minimum atomic E-state index is -0.300. The third-order valence-electron chi connectivity index (χ3n) is 5.34. The highest BCUT2D eigenvalue weighted by atomic mass is 32.2. The number of carbonyl (C=O) groups is 1. The molecule has 2 aromatic carbocycles. The third kappa shape index (κ3) is 4.98. The van der Waals surface area contributed by atoms with Crippen molar-refractivity contribution in [3.8, 4) is 22.6 Å². The maximum atomic E-state index is 13.4. The molecule has 7 nitrogen and oxygen atoms in total. The molecule has 0 spiro atoms. The summed E-state index contributed by atoms with van der Waals surface area (Å²) in [5.41, 5.74) is 5.37. The Balaban J connectivity index is 1.54. The molecule has 0 unspecified atom stereocenters. The van der Waals surface area contributed by atoms with Crippen molar-refractivity contribution < 1.29 is 9.18 Å². The number of hydrogen-bond donors (Lipinski definition) is 1. The molecule has 0 atom stereocenters. The number of aromatic nitrogens is 5. The Labute approximate surface area is 196 Å². The van der Waals surface area contributed by atoms with Crippen molar-refractivity contribution in [3.63, 3.8) is 0 Å². The van der Waals surface area contributed by atoms with Crippen LogP contribution >= 0.6 is 11.8 Å². The number of carbonyl (C=O) groups excluding carboxylic acids is 1. The first-order valence-corrected chi connectivity index (χ1v) is 11.6. The molecule has 4 aromatic rings. The standard InChI is InChI=1S/C24H25FN6OS/c1-5-31-23(20-13-30(4)29-22(20)17-7-9-18(25)10-8-17)27-28-24(31)33-14-21(32)26-19-11-6-15(2)16(3)12-19/h6-13H,5,14H2,1-4H3,(H,26,32). The number of nitrogens with one attached hydrogen (secondary N) is 1. The van der Waals surface area contributed by atoms with Gasteiger partial charge in [-0.2, -0.15) is 5.10 Å². The minimum Gasteiger partial charge on any atom is -0.325 e. The largest absolute Gasteiger partial charge is 0.325 e. The van der Waals surface area contributed by atoms with Gasteiger partial charge < -0.3 is 9.88 Å². The zero-order valence-electron chi connectivity index (χ0n) is 19.0. The maximum absolute atomic E-state index is 13.4. The van der Waals surface area contributed by atoms with E-state index in [1.807, 2.05) is 56.8 Å². The highest BCUT2D eigenvalue weighted by Gasteiger charge is 2.20. The van der Waals surface area contributed by atoms with E-state index in [4.69, 9.17) is 0 Å². The molecular formula is C24H25FN6OS. The number of rotatable bonds is 7. The summed E-state index contributed by atoms with van der Waals surface area (Å²) in [7, 11) is 1.83. The monoisotopic (exact) mass is 464 g/mol. The first-order valence-electron chi connectivity index (χ1n) is 10.6. The average molecular weight is 465 g/mol. The van der Waals surface area contributed by atoms with Crippen LogP contribution in [0.5, 0.6) is 0 Å². The summed E-state index contributed by atoms with van der Waals surface area (Å²) in [5, 5.41) is 16.8. The maximum Gasteiger partial charge on any atom is 0.234 e. The van der Waals surface area contributed by atoms with E-state index in [1.54, 1.807) is 16.8 Å². The number of hydrogen-bond acceptors (Lipinski definition) is 5. The SMILES string of the molecule is CCn1c(SCC(=O)Nc2ccc(C)c(C)c2)nnc1-c1cn(C)nc1-c1ccc(F)cc1. The fourth-order valence-electron chi connectivity index (χ4n) is 3.50. The van der Waals surface area contributed by atoms with Crippen LogP contribution in [-0.4, -0.2) is 36.2 Å². The molecule has 0 radical (unpaired) electrons. The first-order chi connectivity index (χ1) is 15.9. The first kappa shape index (κ1) is 22.7. The van der Waals surface area contributed by atoms with Crippen LogP contribution in [0.3, 0.4) is 0 Å². The minimum absolute atomic E-state index is 0.108. The summed E-state index contributed by atoms with van der Waals surface area (Å²) in [6.07, 6.45) is 1.87. The summed E-state index contributed by atoms with van der Waals surface area (Å²) in [6.45, 7) is 6.68. The zero-order valence-corrected chi connectivity index (χ0v) is 19.8. The van der Waals surface area contributed by atoms with E-state index in [0.717, 1.165) is 22.4 Å². The Bertz CT molecular complexity index is 1300. The van der Waals surface area contributed by atoms with Crippen LogP contribution in [0.15, 0.2) is 53.8 Å². The van der Waals surface area contributed by atoms with Crippen molar-refractivity contribution in [1.82, 2.24) is 24.5 Å². The third-order valence-corrected chi connectivity index (χ3v) is 6.31. The van der Waals surface area contributed by atoms with Gasteiger partial charge in [0, 0.05) is 31.0 Å². The van der Waals surface area contributed by atoms with Gasteiger partial charge in [-0.25, -0.2) is 4.39 Å². The van der Waals surface area contributed by atoms with Gasteiger partial charge in [-0.05, 0) is 68.3 Å².